The third kappa shape index (κ3) is 6.17. The molecule has 0 bridgehead atoms. The van der Waals surface area contributed by atoms with Crippen molar-refractivity contribution in [1.82, 2.24) is 10.3 Å². The first-order valence-electron chi connectivity index (χ1n) is 6.46. The lowest BCUT2D eigenvalue weighted by Gasteiger charge is -2.08. The van der Waals surface area contributed by atoms with Crippen LogP contribution in [-0.4, -0.2) is 30.1 Å². The van der Waals surface area contributed by atoms with E-state index in [4.69, 9.17) is 10.6 Å². The first-order valence-corrected chi connectivity index (χ1v) is 6.46. The molecule has 0 unspecified atom stereocenters. The van der Waals surface area contributed by atoms with Gasteiger partial charge in [-0.15, -0.1) is 0 Å². The van der Waals surface area contributed by atoms with E-state index in [9.17, 15) is 4.79 Å². The van der Waals surface area contributed by atoms with Gasteiger partial charge in [-0.25, -0.2) is 10.8 Å². The lowest BCUT2D eigenvalue weighted by atomic mass is 10.2. The van der Waals surface area contributed by atoms with Gasteiger partial charge in [-0.1, -0.05) is 0 Å². The highest BCUT2D eigenvalue weighted by atomic mass is 16.5. The molecular weight excluding hydrogens is 244 g/mol. The zero-order valence-corrected chi connectivity index (χ0v) is 11.5. The number of nitrogens with two attached hydrogens (primary N) is 1. The van der Waals surface area contributed by atoms with Crippen molar-refractivity contribution in [3.05, 3.63) is 23.9 Å². The molecule has 0 spiro atoms. The van der Waals surface area contributed by atoms with Gasteiger partial charge in [0.25, 0.3) is 5.91 Å². The summed E-state index contributed by atoms with van der Waals surface area (Å²) in [6.45, 7) is 5.38. The zero-order chi connectivity index (χ0) is 14.1. The largest absolute Gasteiger partial charge is 0.379 e. The summed E-state index contributed by atoms with van der Waals surface area (Å²) >= 11 is 0. The van der Waals surface area contributed by atoms with Gasteiger partial charge in [0.15, 0.2) is 0 Å². The van der Waals surface area contributed by atoms with Crippen LogP contribution in [0.5, 0.6) is 0 Å². The molecule has 1 rings (SSSR count). The van der Waals surface area contributed by atoms with Gasteiger partial charge >= 0.3 is 0 Å². The van der Waals surface area contributed by atoms with Crippen molar-refractivity contribution in [2.75, 3.05) is 18.6 Å². The molecule has 0 radical (unpaired) electrons. The fourth-order valence-corrected chi connectivity index (χ4v) is 1.50. The Balaban J connectivity index is 2.23. The topological polar surface area (TPSA) is 89.3 Å². The lowest BCUT2D eigenvalue weighted by molar-refractivity contribution is 0.0754. The van der Waals surface area contributed by atoms with Crippen molar-refractivity contribution in [3.8, 4) is 0 Å². The molecule has 6 heteroatoms. The van der Waals surface area contributed by atoms with Crippen molar-refractivity contribution in [2.24, 2.45) is 5.84 Å². The van der Waals surface area contributed by atoms with Crippen LogP contribution in [0, 0.1) is 0 Å². The number of unbranched alkanes of at least 4 members (excludes halogenated alkanes) is 1. The number of nitrogens with zero attached hydrogens (tertiary/aromatic N) is 1. The van der Waals surface area contributed by atoms with E-state index in [1.54, 1.807) is 18.3 Å². The van der Waals surface area contributed by atoms with Crippen molar-refractivity contribution >= 4 is 11.7 Å². The van der Waals surface area contributed by atoms with E-state index in [2.05, 4.69) is 15.7 Å². The van der Waals surface area contributed by atoms with E-state index in [1.165, 1.54) is 0 Å². The van der Waals surface area contributed by atoms with Crippen LogP contribution in [0.15, 0.2) is 18.3 Å². The predicted octanol–water partition coefficient (Wildman–Crippen LogP) is 1.30. The molecule has 1 aromatic heterocycles. The molecule has 106 valence electrons. The highest BCUT2D eigenvalue weighted by Crippen LogP contribution is 2.05. The van der Waals surface area contributed by atoms with Crippen molar-refractivity contribution in [3.63, 3.8) is 0 Å². The van der Waals surface area contributed by atoms with Crippen molar-refractivity contribution < 1.29 is 9.53 Å². The molecule has 4 N–H and O–H groups in total. The average Bonchev–Trinajstić information content (AvgIpc) is 2.42. The van der Waals surface area contributed by atoms with Gasteiger partial charge in [0.2, 0.25) is 0 Å². The summed E-state index contributed by atoms with van der Waals surface area (Å²) in [5, 5.41) is 2.85. The number of aromatic nitrogens is 1. The lowest BCUT2D eigenvalue weighted by Crippen LogP contribution is -2.25. The van der Waals surface area contributed by atoms with E-state index >= 15 is 0 Å². The normalized spacial score (nSPS) is 10.5. The van der Waals surface area contributed by atoms with E-state index in [0.29, 0.717) is 17.9 Å². The monoisotopic (exact) mass is 266 g/mol. The SMILES string of the molecule is CC(C)OCCCCNC(=O)c1ccnc(NN)c1. The van der Waals surface area contributed by atoms with Crippen LogP contribution in [0.1, 0.15) is 37.0 Å². The number of pyridine rings is 1. The Bertz CT molecular complexity index is 396. The minimum absolute atomic E-state index is 0.122. The van der Waals surface area contributed by atoms with Gasteiger partial charge in [-0.3, -0.25) is 4.79 Å². The van der Waals surface area contributed by atoms with E-state index in [0.717, 1.165) is 19.4 Å². The Morgan fingerprint density at radius 2 is 2.26 bits per heavy atom. The maximum atomic E-state index is 11.8. The highest BCUT2D eigenvalue weighted by Gasteiger charge is 2.05. The minimum Gasteiger partial charge on any atom is -0.379 e. The van der Waals surface area contributed by atoms with Crippen LogP contribution in [0.3, 0.4) is 0 Å². The first kappa shape index (κ1) is 15.4. The van der Waals surface area contributed by atoms with Gasteiger partial charge in [-0.2, -0.15) is 0 Å². The molecule has 0 atom stereocenters. The zero-order valence-electron chi connectivity index (χ0n) is 11.5. The number of carbonyl (C=O) groups excluding carboxylic acids is 1. The molecular formula is C13H22N4O2. The standard InChI is InChI=1S/C13H22N4O2/c1-10(2)19-8-4-3-6-16-13(18)11-5-7-15-12(9-11)17-14/h5,7,9-10H,3-4,6,8,14H2,1-2H3,(H,15,17)(H,16,18). The van der Waals surface area contributed by atoms with Crippen LogP contribution in [0.2, 0.25) is 0 Å². The van der Waals surface area contributed by atoms with E-state index in [1.807, 2.05) is 13.8 Å². The smallest absolute Gasteiger partial charge is 0.251 e. The van der Waals surface area contributed by atoms with Crippen LogP contribution in [0.25, 0.3) is 0 Å². The number of amides is 1. The second-order valence-electron chi connectivity index (χ2n) is 4.46. The van der Waals surface area contributed by atoms with Gasteiger partial charge in [0.1, 0.15) is 5.82 Å². The second-order valence-corrected chi connectivity index (χ2v) is 4.46. The Labute approximate surface area is 113 Å². The second kappa shape index (κ2) is 8.44. The maximum absolute atomic E-state index is 11.8. The summed E-state index contributed by atoms with van der Waals surface area (Å²) in [5.74, 6) is 5.59. The number of hydrogen-bond donors (Lipinski definition) is 3. The Morgan fingerprint density at radius 3 is 2.95 bits per heavy atom. The number of ether oxygens (including phenoxy) is 1. The van der Waals surface area contributed by atoms with Gasteiger partial charge in [0, 0.05) is 24.9 Å². The molecule has 0 aliphatic heterocycles. The van der Waals surface area contributed by atoms with Crippen LogP contribution in [0.4, 0.5) is 5.82 Å². The average molecular weight is 266 g/mol. The molecule has 0 saturated heterocycles. The molecule has 0 aromatic carbocycles. The maximum Gasteiger partial charge on any atom is 0.251 e. The number of hydrazine groups is 1. The third-order valence-electron chi connectivity index (χ3n) is 2.48. The minimum atomic E-state index is -0.122. The number of nitrogens with one attached hydrogen (secondary N) is 2. The summed E-state index contributed by atoms with van der Waals surface area (Å²) in [6.07, 6.45) is 3.63. The number of nitrogen functional groups attached to an aromatic ring is 1. The molecule has 1 amide bonds. The molecule has 0 fully saturated rings. The quantitative estimate of drug-likeness (QED) is 0.375. The molecule has 0 aliphatic carbocycles. The van der Waals surface area contributed by atoms with Crippen LogP contribution in [-0.2, 0) is 4.74 Å². The Kier molecular flexibility index (Phi) is 6.84. The number of anilines is 1. The number of rotatable bonds is 8. The molecule has 1 heterocycles. The van der Waals surface area contributed by atoms with Crippen LogP contribution >= 0.6 is 0 Å². The Morgan fingerprint density at radius 1 is 1.47 bits per heavy atom. The molecule has 0 aliphatic rings. The van der Waals surface area contributed by atoms with E-state index < -0.39 is 0 Å². The summed E-state index contributed by atoms with van der Waals surface area (Å²) in [5.41, 5.74) is 2.95. The number of hydrogen-bond acceptors (Lipinski definition) is 5. The molecule has 0 saturated carbocycles. The molecule has 1 aromatic rings. The fraction of sp³-hybridized carbons (Fsp3) is 0.538. The summed E-state index contributed by atoms with van der Waals surface area (Å²) in [7, 11) is 0. The first-order chi connectivity index (χ1) is 9.13. The third-order valence-corrected chi connectivity index (χ3v) is 2.48. The van der Waals surface area contributed by atoms with Gasteiger partial charge in [0.05, 0.1) is 6.10 Å². The number of carbonyl (C=O) groups is 1. The van der Waals surface area contributed by atoms with Gasteiger partial charge < -0.3 is 15.5 Å². The van der Waals surface area contributed by atoms with Crippen LogP contribution < -0.4 is 16.6 Å². The summed E-state index contributed by atoms with van der Waals surface area (Å²) in [6, 6.07) is 3.26. The molecule has 19 heavy (non-hydrogen) atoms. The molecule has 6 nitrogen and oxygen atoms in total. The van der Waals surface area contributed by atoms with Crippen molar-refractivity contribution in [2.45, 2.75) is 32.8 Å². The summed E-state index contributed by atoms with van der Waals surface area (Å²) in [4.78, 5) is 15.8. The summed E-state index contributed by atoms with van der Waals surface area (Å²) < 4.78 is 5.42. The van der Waals surface area contributed by atoms with Crippen molar-refractivity contribution in [1.29, 1.82) is 0 Å². The van der Waals surface area contributed by atoms with Gasteiger partial charge in [-0.05, 0) is 38.8 Å². The fourth-order valence-electron chi connectivity index (χ4n) is 1.50. The predicted molar refractivity (Wildman–Crippen MR) is 74.7 cm³/mol. The van der Waals surface area contributed by atoms with E-state index in [-0.39, 0.29) is 12.0 Å². The highest BCUT2D eigenvalue weighted by molar-refractivity contribution is 5.94. The Hall–Kier alpha value is -1.66.